The van der Waals surface area contributed by atoms with E-state index in [9.17, 15) is 27.6 Å². The number of benzene rings is 2. The molecule has 3 unspecified atom stereocenters. The van der Waals surface area contributed by atoms with Crippen molar-refractivity contribution < 1.29 is 32.3 Å². The molecule has 3 atom stereocenters. The number of carbonyl (C=O) groups excluding carboxylic acids is 3. The third-order valence-electron chi connectivity index (χ3n) is 6.18. The zero-order valence-electron chi connectivity index (χ0n) is 20.8. The van der Waals surface area contributed by atoms with Gasteiger partial charge in [-0.2, -0.15) is 13.2 Å². The van der Waals surface area contributed by atoms with Gasteiger partial charge in [-0.05, 0) is 40.9 Å². The van der Waals surface area contributed by atoms with Gasteiger partial charge in [0.25, 0.3) is 5.91 Å². The molecule has 204 valence electrons. The summed E-state index contributed by atoms with van der Waals surface area (Å²) in [4.78, 5) is 43.2. The Bertz CT molecular complexity index is 1220. The highest BCUT2D eigenvalue weighted by atomic mass is 79.9. The highest BCUT2D eigenvalue weighted by Gasteiger charge is 2.38. The van der Waals surface area contributed by atoms with Crippen molar-refractivity contribution in [1.82, 2.24) is 5.32 Å². The van der Waals surface area contributed by atoms with Crippen molar-refractivity contribution in [2.75, 3.05) is 12.4 Å². The topological polar surface area (TPSA) is 123 Å². The van der Waals surface area contributed by atoms with Crippen molar-refractivity contribution in [2.24, 2.45) is 22.6 Å². The summed E-state index contributed by atoms with van der Waals surface area (Å²) in [6, 6.07) is 12.3. The maximum absolute atomic E-state index is 13.3. The van der Waals surface area contributed by atoms with Crippen LogP contribution < -0.4 is 21.1 Å². The number of amides is 3. The quantitative estimate of drug-likeness (QED) is 0.372. The van der Waals surface area contributed by atoms with Gasteiger partial charge in [-0.3, -0.25) is 14.4 Å². The van der Waals surface area contributed by atoms with E-state index in [1.165, 1.54) is 7.11 Å². The number of ether oxygens (including phenoxy) is 1. The average Bonchev–Trinajstić information content (AvgIpc) is 2.99. The summed E-state index contributed by atoms with van der Waals surface area (Å²) < 4.78 is 45.2. The first-order valence-corrected chi connectivity index (χ1v) is 12.7. The Balaban J connectivity index is 2.04. The molecule has 12 heteroatoms. The molecule has 0 aliphatic carbocycles. The number of methoxy groups -OCH3 is 1. The van der Waals surface area contributed by atoms with E-state index >= 15 is 0 Å². The third kappa shape index (κ3) is 6.91. The van der Waals surface area contributed by atoms with Crippen LogP contribution in [0.25, 0.3) is 0 Å². The molecule has 8 nitrogen and oxygen atoms in total. The zero-order valence-corrected chi connectivity index (χ0v) is 22.4. The van der Waals surface area contributed by atoms with Gasteiger partial charge in [0.05, 0.1) is 23.0 Å². The Kier molecular flexibility index (Phi) is 9.53. The lowest BCUT2D eigenvalue weighted by Gasteiger charge is -2.25. The number of hydrogen-bond acceptors (Lipinski definition) is 5. The van der Waals surface area contributed by atoms with Crippen LogP contribution in [-0.2, 0) is 14.4 Å². The Morgan fingerprint density at radius 2 is 1.84 bits per heavy atom. The van der Waals surface area contributed by atoms with Crippen LogP contribution >= 0.6 is 15.9 Å². The van der Waals surface area contributed by atoms with Gasteiger partial charge in [0.15, 0.2) is 5.75 Å². The Morgan fingerprint density at radius 1 is 1.16 bits per heavy atom. The fourth-order valence-electron chi connectivity index (χ4n) is 4.38. The number of rotatable bonds is 10. The fraction of sp³-hybridized carbons (Fsp3) is 0.385. The van der Waals surface area contributed by atoms with Crippen molar-refractivity contribution >= 4 is 45.1 Å². The second-order valence-electron chi connectivity index (χ2n) is 8.81. The summed E-state index contributed by atoms with van der Waals surface area (Å²) in [5.74, 6) is -4.74. The fourth-order valence-corrected chi connectivity index (χ4v) is 4.87. The molecular weight excluding hydrogens is 569 g/mol. The summed E-state index contributed by atoms with van der Waals surface area (Å²) >= 11 is 3.39. The predicted octanol–water partition coefficient (Wildman–Crippen LogP) is 4.55. The number of aliphatic imine (C=N–C) groups is 1. The van der Waals surface area contributed by atoms with Crippen LogP contribution in [0.4, 0.5) is 18.9 Å². The van der Waals surface area contributed by atoms with Gasteiger partial charge in [0.1, 0.15) is 0 Å². The van der Waals surface area contributed by atoms with Gasteiger partial charge in [-0.15, -0.1) is 0 Å². The number of nitrogens with two attached hydrogens (primary N) is 1. The number of primary amides is 1. The number of fused-ring (bicyclic) bond motifs is 1. The van der Waals surface area contributed by atoms with Crippen molar-refractivity contribution in [3.63, 3.8) is 0 Å². The zero-order chi connectivity index (χ0) is 28.0. The van der Waals surface area contributed by atoms with Crippen molar-refractivity contribution in [2.45, 2.75) is 44.9 Å². The van der Waals surface area contributed by atoms with Gasteiger partial charge in [-0.25, -0.2) is 4.99 Å². The highest BCUT2D eigenvalue weighted by molar-refractivity contribution is 9.10. The molecule has 4 N–H and O–H groups in total. The summed E-state index contributed by atoms with van der Waals surface area (Å²) in [5.41, 5.74) is 7.26. The first-order valence-electron chi connectivity index (χ1n) is 11.9. The van der Waals surface area contributed by atoms with Gasteiger partial charge >= 0.3 is 6.18 Å². The summed E-state index contributed by atoms with van der Waals surface area (Å²) in [6.07, 6.45) is -7.45. The largest absolute Gasteiger partial charge is 0.493 e. The van der Waals surface area contributed by atoms with Gasteiger partial charge in [0, 0.05) is 29.4 Å². The minimum atomic E-state index is -4.54. The van der Waals surface area contributed by atoms with E-state index in [1.54, 1.807) is 49.4 Å². The lowest BCUT2D eigenvalue weighted by Crippen LogP contribution is -2.48. The van der Waals surface area contributed by atoms with E-state index in [0.29, 0.717) is 39.2 Å². The Morgan fingerprint density at radius 3 is 2.42 bits per heavy atom. The molecule has 3 rings (SSSR count). The lowest BCUT2D eigenvalue weighted by atomic mass is 9.83. The molecule has 0 fully saturated rings. The van der Waals surface area contributed by atoms with Crippen molar-refractivity contribution in [3.05, 3.63) is 58.1 Å². The van der Waals surface area contributed by atoms with Crippen LogP contribution in [0.15, 0.2) is 51.9 Å². The number of anilines is 1. The van der Waals surface area contributed by atoms with Crippen LogP contribution in [0.5, 0.6) is 5.75 Å². The van der Waals surface area contributed by atoms with E-state index in [0.717, 1.165) is 0 Å². The second-order valence-corrected chi connectivity index (χ2v) is 9.66. The van der Waals surface area contributed by atoms with E-state index < -0.39 is 54.7 Å². The SMILES string of the molecule is CCCC(C(N)=O)C(CCC(F)(F)F)C(=O)NC1N=C(c2ccccc2)c2ccc(Br)c(OC)c2NC1=O. The summed E-state index contributed by atoms with van der Waals surface area (Å²) in [7, 11) is 1.43. The average molecular weight is 597 g/mol. The molecule has 2 aromatic rings. The summed E-state index contributed by atoms with van der Waals surface area (Å²) in [5, 5.41) is 5.17. The molecule has 1 heterocycles. The molecule has 0 spiro atoms. The van der Waals surface area contributed by atoms with Crippen LogP contribution in [0.2, 0.25) is 0 Å². The molecule has 0 radical (unpaired) electrons. The number of hydrogen-bond donors (Lipinski definition) is 3. The van der Waals surface area contributed by atoms with Crippen molar-refractivity contribution in [3.8, 4) is 5.75 Å². The van der Waals surface area contributed by atoms with Crippen LogP contribution in [0.3, 0.4) is 0 Å². The number of halogens is 4. The van der Waals surface area contributed by atoms with Crippen LogP contribution in [0.1, 0.15) is 43.7 Å². The number of nitrogens with zero attached hydrogens (tertiary/aromatic N) is 1. The smallest absolute Gasteiger partial charge is 0.389 e. The summed E-state index contributed by atoms with van der Waals surface area (Å²) in [6.45, 7) is 1.73. The van der Waals surface area contributed by atoms with E-state index in [4.69, 9.17) is 10.5 Å². The standard InChI is InChI=1S/C26H28BrF3N4O4/c1-3-7-15(22(31)35)16(12-13-26(28,29)30)24(36)34-23-25(37)33-20-17(10-11-18(27)21(20)38-2)19(32-23)14-8-5-4-6-9-14/h4-6,8-11,15-16,23H,3,7,12-13H2,1-2H3,(H2,31,35)(H,33,37)(H,34,36). The first-order chi connectivity index (χ1) is 18.0. The monoisotopic (exact) mass is 596 g/mol. The minimum absolute atomic E-state index is 0.122. The molecule has 2 aromatic carbocycles. The Labute approximate surface area is 226 Å². The minimum Gasteiger partial charge on any atom is -0.493 e. The van der Waals surface area contributed by atoms with Crippen LogP contribution in [0, 0.1) is 11.8 Å². The molecule has 0 aromatic heterocycles. The number of benzodiazepines with no additional fused rings is 1. The second kappa shape index (κ2) is 12.4. The van der Waals surface area contributed by atoms with E-state index in [-0.39, 0.29) is 6.42 Å². The third-order valence-corrected chi connectivity index (χ3v) is 6.80. The Hall–Kier alpha value is -3.41. The van der Waals surface area contributed by atoms with Gasteiger partial charge in [-0.1, -0.05) is 43.7 Å². The molecule has 1 aliphatic heterocycles. The van der Waals surface area contributed by atoms with E-state index in [1.807, 2.05) is 0 Å². The molecule has 0 saturated heterocycles. The number of alkyl halides is 3. The lowest BCUT2D eigenvalue weighted by molar-refractivity contribution is -0.146. The molecule has 0 saturated carbocycles. The first kappa shape index (κ1) is 29.2. The predicted molar refractivity (Wildman–Crippen MR) is 140 cm³/mol. The molecular formula is C26H28BrF3N4O4. The normalized spacial score (nSPS) is 16.8. The highest BCUT2D eigenvalue weighted by Crippen LogP contribution is 2.38. The maximum atomic E-state index is 13.3. The van der Waals surface area contributed by atoms with Gasteiger partial charge < -0.3 is 21.1 Å². The van der Waals surface area contributed by atoms with Crippen LogP contribution in [-0.4, -0.2) is 42.9 Å². The number of carbonyl (C=O) groups is 3. The van der Waals surface area contributed by atoms with E-state index in [2.05, 4.69) is 31.6 Å². The molecule has 38 heavy (non-hydrogen) atoms. The molecule has 1 aliphatic rings. The molecule has 0 bridgehead atoms. The maximum Gasteiger partial charge on any atom is 0.389 e. The van der Waals surface area contributed by atoms with Crippen molar-refractivity contribution in [1.29, 1.82) is 0 Å². The van der Waals surface area contributed by atoms with Gasteiger partial charge in [0.2, 0.25) is 18.0 Å². The number of nitrogens with one attached hydrogen (secondary N) is 2. The molecule has 3 amide bonds.